The van der Waals surface area contributed by atoms with Crippen molar-refractivity contribution >= 4 is 5.97 Å². The first-order chi connectivity index (χ1) is 8.22. The summed E-state index contributed by atoms with van der Waals surface area (Å²) in [6.07, 6.45) is 0.947. The van der Waals surface area contributed by atoms with Crippen molar-refractivity contribution in [1.29, 1.82) is 0 Å². The Hall–Kier alpha value is -1.39. The van der Waals surface area contributed by atoms with E-state index in [-0.39, 0.29) is 6.42 Å². The Balaban J connectivity index is 2.28. The van der Waals surface area contributed by atoms with Crippen LogP contribution in [0.15, 0.2) is 24.3 Å². The number of carbonyl (C=O) groups is 1. The van der Waals surface area contributed by atoms with Gasteiger partial charge in [0.05, 0.1) is 13.0 Å². The van der Waals surface area contributed by atoms with Gasteiger partial charge in [0, 0.05) is 20.3 Å². The van der Waals surface area contributed by atoms with Gasteiger partial charge in [0.1, 0.15) is 0 Å². The molecule has 0 fully saturated rings. The fourth-order valence-electron chi connectivity index (χ4n) is 1.42. The highest BCUT2D eigenvalue weighted by Gasteiger charge is 2.00. The number of carboxylic acid groups (broad SMARTS) is 1. The number of carboxylic acids is 1. The Bertz CT molecular complexity index is 332. The van der Waals surface area contributed by atoms with Crippen LogP contribution >= 0.6 is 0 Å². The fourth-order valence-corrected chi connectivity index (χ4v) is 1.42. The largest absolute Gasteiger partial charge is 0.481 e. The predicted molar refractivity (Wildman–Crippen MR) is 63.9 cm³/mol. The molecule has 0 bridgehead atoms. The highest BCUT2D eigenvalue weighted by atomic mass is 16.5. The van der Waals surface area contributed by atoms with Crippen molar-refractivity contribution in [3.63, 3.8) is 0 Å². The number of ether oxygens (including phenoxy) is 2. The lowest BCUT2D eigenvalue weighted by Crippen LogP contribution is -2.01. The molecule has 1 rings (SSSR count). The Morgan fingerprint density at radius 3 is 2.41 bits per heavy atom. The average Bonchev–Trinajstić information content (AvgIpc) is 2.30. The van der Waals surface area contributed by atoms with Gasteiger partial charge in [-0.2, -0.15) is 0 Å². The molecular formula is C13H18O4. The molecule has 1 aromatic rings. The lowest BCUT2D eigenvalue weighted by atomic mass is 10.1. The van der Waals surface area contributed by atoms with Gasteiger partial charge in [-0.15, -0.1) is 0 Å². The second-order valence-corrected chi connectivity index (χ2v) is 3.79. The summed E-state index contributed by atoms with van der Waals surface area (Å²) in [5.41, 5.74) is 1.86. The van der Waals surface area contributed by atoms with E-state index in [0.29, 0.717) is 19.8 Å². The zero-order valence-corrected chi connectivity index (χ0v) is 10.0. The molecule has 17 heavy (non-hydrogen) atoms. The van der Waals surface area contributed by atoms with Crippen LogP contribution in [0.5, 0.6) is 0 Å². The third-order valence-electron chi connectivity index (χ3n) is 2.28. The maximum Gasteiger partial charge on any atom is 0.307 e. The summed E-state index contributed by atoms with van der Waals surface area (Å²) in [5, 5.41) is 8.62. The third kappa shape index (κ3) is 6.04. The molecule has 0 aromatic heterocycles. The topological polar surface area (TPSA) is 55.8 Å². The Morgan fingerprint density at radius 2 is 1.82 bits per heavy atom. The SMILES string of the molecule is COCCCOCc1ccc(CC(=O)O)cc1. The van der Waals surface area contributed by atoms with Gasteiger partial charge in [-0.3, -0.25) is 4.79 Å². The van der Waals surface area contributed by atoms with E-state index in [1.165, 1.54) is 0 Å². The van der Waals surface area contributed by atoms with Crippen molar-refractivity contribution in [2.45, 2.75) is 19.4 Å². The van der Waals surface area contributed by atoms with Crippen LogP contribution in [0.2, 0.25) is 0 Å². The molecule has 0 unspecified atom stereocenters. The van der Waals surface area contributed by atoms with E-state index in [2.05, 4.69) is 0 Å². The summed E-state index contributed by atoms with van der Waals surface area (Å²) in [7, 11) is 1.67. The molecule has 0 heterocycles. The molecule has 0 aliphatic rings. The maximum atomic E-state index is 10.5. The van der Waals surface area contributed by atoms with Crippen LogP contribution in [-0.4, -0.2) is 31.4 Å². The Labute approximate surface area is 101 Å². The minimum absolute atomic E-state index is 0.0645. The number of hydrogen-bond acceptors (Lipinski definition) is 3. The molecule has 0 radical (unpaired) electrons. The smallest absolute Gasteiger partial charge is 0.307 e. The van der Waals surface area contributed by atoms with Crippen LogP contribution < -0.4 is 0 Å². The van der Waals surface area contributed by atoms with E-state index in [1.54, 1.807) is 7.11 Å². The minimum atomic E-state index is -0.812. The van der Waals surface area contributed by atoms with Gasteiger partial charge in [-0.1, -0.05) is 24.3 Å². The summed E-state index contributed by atoms with van der Waals surface area (Å²) in [4.78, 5) is 10.5. The normalized spacial score (nSPS) is 10.4. The fraction of sp³-hybridized carbons (Fsp3) is 0.462. The molecule has 0 saturated carbocycles. The third-order valence-corrected chi connectivity index (χ3v) is 2.28. The first-order valence-electron chi connectivity index (χ1n) is 5.58. The van der Waals surface area contributed by atoms with Gasteiger partial charge < -0.3 is 14.6 Å². The van der Waals surface area contributed by atoms with Crippen LogP contribution in [0.3, 0.4) is 0 Å². The molecule has 4 heteroatoms. The van der Waals surface area contributed by atoms with Gasteiger partial charge in [0.25, 0.3) is 0 Å². The molecule has 0 atom stereocenters. The second kappa shape index (κ2) is 7.81. The molecule has 0 amide bonds. The number of rotatable bonds is 8. The molecule has 1 aromatic carbocycles. The van der Waals surface area contributed by atoms with Crippen LogP contribution in [-0.2, 0) is 27.3 Å². The van der Waals surface area contributed by atoms with E-state index < -0.39 is 5.97 Å². The molecular weight excluding hydrogens is 220 g/mol. The summed E-state index contributed by atoms with van der Waals surface area (Å²) in [6.45, 7) is 1.93. The number of aliphatic carboxylic acids is 1. The van der Waals surface area contributed by atoms with Gasteiger partial charge in [-0.05, 0) is 17.5 Å². The quantitative estimate of drug-likeness (QED) is 0.702. The molecule has 0 saturated heterocycles. The van der Waals surface area contributed by atoms with E-state index in [0.717, 1.165) is 17.5 Å². The molecule has 94 valence electrons. The standard InChI is InChI=1S/C13H18O4/c1-16-7-2-8-17-10-12-5-3-11(4-6-12)9-13(14)15/h3-6H,2,7-10H2,1H3,(H,14,15). The van der Waals surface area contributed by atoms with E-state index in [4.69, 9.17) is 14.6 Å². The lowest BCUT2D eigenvalue weighted by molar-refractivity contribution is -0.136. The highest BCUT2D eigenvalue weighted by molar-refractivity contribution is 5.70. The molecule has 4 nitrogen and oxygen atoms in total. The number of methoxy groups -OCH3 is 1. The van der Waals surface area contributed by atoms with E-state index >= 15 is 0 Å². The van der Waals surface area contributed by atoms with Gasteiger partial charge in [-0.25, -0.2) is 0 Å². The highest BCUT2D eigenvalue weighted by Crippen LogP contribution is 2.06. The van der Waals surface area contributed by atoms with Gasteiger partial charge in [0.15, 0.2) is 0 Å². The number of benzene rings is 1. The molecule has 1 N–H and O–H groups in total. The summed E-state index contributed by atoms with van der Waals surface area (Å²) >= 11 is 0. The Morgan fingerprint density at radius 1 is 1.18 bits per heavy atom. The number of hydrogen-bond donors (Lipinski definition) is 1. The predicted octanol–water partition coefficient (Wildman–Crippen LogP) is 1.87. The van der Waals surface area contributed by atoms with Crippen LogP contribution in [0, 0.1) is 0 Å². The minimum Gasteiger partial charge on any atom is -0.481 e. The first-order valence-corrected chi connectivity index (χ1v) is 5.58. The molecule has 0 aliphatic carbocycles. The van der Waals surface area contributed by atoms with Gasteiger partial charge >= 0.3 is 5.97 Å². The van der Waals surface area contributed by atoms with Crippen LogP contribution in [0.1, 0.15) is 17.5 Å². The first kappa shape index (κ1) is 13.7. The molecule has 0 spiro atoms. The summed E-state index contributed by atoms with van der Waals surface area (Å²) in [5.74, 6) is -0.812. The van der Waals surface area contributed by atoms with Crippen LogP contribution in [0.25, 0.3) is 0 Å². The average molecular weight is 238 g/mol. The van der Waals surface area contributed by atoms with E-state index in [9.17, 15) is 4.79 Å². The summed E-state index contributed by atoms with van der Waals surface area (Å²) in [6, 6.07) is 7.44. The van der Waals surface area contributed by atoms with Crippen molar-refractivity contribution in [1.82, 2.24) is 0 Å². The van der Waals surface area contributed by atoms with Crippen molar-refractivity contribution in [2.24, 2.45) is 0 Å². The van der Waals surface area contributed by atoms with Gasteiger partial charge in [0.2, 0.25) is 0 Å². The second-order valence-electron chi connectivity index (χ2n) is 3.79. The van der Waals surface area contributed by atoms with Crippen molar-refractivity contribution in [2.75, 3.05) is 20.3 Å². The zero-order valence-electron chi connectivity index (χ0n) is 10.0. The zero-order chi connectivity index (χ0) is 12.5. The Kier molecular flexibility index (Phi) is 6.29. The maximum absolute atomic E-state index is 10.5. The van der Waals surface area contributed by atoms with E-state index in [1.807, 2.05) is 24.3 Å². The van der Waals surface area contributed by atoms with Crippen LogP contribution in [0.4, 0.5) is 0 Å². The molecule has 0 aliphatic heterocycles. The monoisotopic (exact) mass is 238 g/mol. The van der Waals surface area contributed by atoms with Crippen molar-refractivity contribution in [3.8, 4) is 0 Å². The van der Waals surface area contributed by atoms with Crippen molar-refractivity contribution in [3.05, 3.63) is 35.4 Å². The van der Waals surface area contributed by atoms with Crippen molar-refractivity contribution < 1.29 is 19.4 Å². The lowest BCUT2D eigenvalue weighted by Gasteiger charge is -2.05. The summed E-state index contributed by atoms with van der Waals surface area (Å²) < 4.78 is 10.4.